The zero-order valence-corrected chi connectivity index (χ0v) is 15.9. The predicted octanol–water partition coefficient (Wildman–Crippen LogP) is 1.05. The van der Waals surface area contributed by atoms with E-state index < -0.39 is 0 Å². The third-order valence-corrected chi connectivity index (χ3v) is 4.87. The molecule has 1 saturated heterocycles. The Morgan fingerprint density at radius 1 is 1.07 bits per heavy atom. The molecule has 3 amide bonds. The van der Waals surface area contributed by atoms with Crippen LogP contribution in [0.3, 0.4) is 0 Å². The van der Waals surface area contributed by atoms with Crippen LogP contribution < -0.4 is 0 Å². The predicted molar refractivity (Wildman–Crippen MR) is 101 cm³/mol. The van der Waals surface area contributed by atoms with E-state index in [4.69, 9.17) is 4.42 Å². The highest BCUT2D eigenvalue weighted by Crippen LogP contribution is 2.10. The van der Waals surface area contributed by atoms with Crippen LogP contribution in [0, 0.1) is 0 Å². The van der Waals surface area contributed by atoms with Gasteiger partial charge in [0.2, 0.25) is 11.8 Å². The molecule has 1 aliphatic rings. The van der Waals surface area contributed by atoms with Crippen molar-refractivity contribution in [2.75, 3.05) is 39.8 Å². The van der Waals surface area contributed by atoms with Crippen molar-refractivity contribution in [1.82, 2.24) is 19.7 Å². The van der Waals surface area contributed by atoms with Crippen LogP contribution in [0.15, 0.2) is 47.3 Å². The van der Waals surface area contributed by atoms with E-state index in [1.54, 1.807) is 46.3 Å². The van der Waals surface area contributed by atoms with Gasteiger partial charge in [0.15, 0.2) is 5.76 Å². The Labute approximate surface area is 163 Å². The number of hydrogen-bond acceptors (Lipinski definition) is 5. The van der Waals surface area contributed by atoms with Crippen LogP contribution in [0.1, 0.15) is 22.5 Å². The molecule has 3 rings (SSSR count). The van der Waals surface area contributed by atoms with Gasteiger partial charge in [-0.15, -0.1) is 0 Å². The molecule has 1 fully saturated rings. The molecule has 1 aliphatic heterocycles. The number of rotatable bonds is 6. The molecule has 0 aliphatic carbocycles. The van der Waals surface area contributed by atoms with Crippen molar-refractivity contribution in [3.63, 3.8) is 0 Å². The maximum Gasteiger partial charge on any atom is 0.289 e. The topological polar surface area (TPSA) is 87.0 Å². The molecule has 0 radical (unpaired) electrons. The molecule has 2 aromatic heterocycles. The molecule has 0 spiro atoms. The maximum absolute atomic E-state index is 12.4. The van der Waals surface area contributed by atoms with Crippen molar-refractivity contribution in [3.8, 4) is 0 Å². The lowest BCUT2D eigenvalue weighted by molar-refractivity contribution is -0.140. The molecule has 8 heteroatoms. The first kappa shape index (κ1) is 19.6. The summed E-state index contributed by atoms with van der Waals surface area (Å²) in [5.41, 5.74) is 1.10. The molecule has 0 N–H and O–H groups in total. The first-order valence-electron chi connectivity index (χ1n) is 9.28. The van der Waals surface area contributed by atoms with E-state index in [1.807, 2.05) is 12.1 Å². The first-order chi connectivity index (χ1) is 13.5. The van der Waals surface area contributed by atoms with Crippen molar-refractivity contribution in [3.05, 3.63) is 54.2 Å². The Bertz CT molecular complexity index is 799. The average Bonchev–Trinajstić information content (AvgIpc) is 3.27. The Hall–Kier alpha value is -3.16. The molecule has 0 saturated carbocycles. The fraction of sp³-hybridized carbons (Fsp3) is 0.400. The van der Waals surface area contributed by atoms with E-state index in [0.717, 1.165) is 5.56 Å². The standard InChI is InChI=1S/C20H24N4O4/c1-22(9-6-16-4-7-21-8-5-16)18(25)15-19(26)23-10-12-24(13-11-23)20(27)17-3-2-14-28-17/h2-5,7-8,14H,6,9-13,15H2,1H3. The van der Waals surface area contributed by atoms with Crippen LogP contribution in [0.4, 0.5) is 0 Å². The van der Waals surface area contributed by atoms with Crippen molar-refractivity contribution in [1.29, 1.82) is 0 Å². The third-order valence-electron chi connectivity index (χ3n) is 4.87. The Kier molecular flexibility index (Phi) is 6.41. The minimum atomic E-state index is -0.203. The second kappa shape index (κ2) is 9.16. The van der Waals surface area contributed by atoms with E-state index in [9.17, 15) is 14.4 Å². The first-order valence-corrected chi connectivity index (χ1v) is 9.28. The number of pyridine rings is 1. The van der Waals surface area contributed by atoms with E-state index in [0.29, 0.717) is 44.9 Å². The number of aromatic nitrogens is 1. The molecule has 0 bridgehead atoms. The number of hydrogen-bond donors (Lipinski definition) is 0. The lowest BCUT2D eigenvalue weighted by Crippen LogP contribution is -2.51. The van der Waals surface area contributed by atoms with Crippen molar-refractivity contribution < 1.29 is 18.8 Å². The van der Waals surface area contributed by atoms with Crippen LogP contribution in [0.2, 0.25) is 0 Å². The van der Waals surface area contributed by atoms with E-state index in [1.165, 1.54) is 6.26 Å². The summed E-state index contributed by atoms with van der Waals surface area (Å²) in [6.45, 7) is 2.23. The smallest absolute Gasteiger partial charge is 0.289 e. The summed E-state index contributed by atoms with van der Waals surface area (Å²) in [5, 5.41) is 0. The minimum Gasteiger partial charge on any atom is -0.459 e. The van der Waals surface area contributed by atoms with Crippen LogP contribution in [-0.2, 0) is 16.0 Å². The fourth-order valence-electron chi connectivity index (χ4n) is 3.06. The number of piperazine rings is 1. The van der Waals surface area contributed by atoms with E-state index >= 15 is 0 Å². The van der Waals surface area contributed by atoms with Crippen molar-refractivity contribution >= 4 is 17.7 Å². The molecule has 3 heterocycles. The summed E-state index contributed by atoms with van der Waals surface area (Å²) in [4.78, 5) is 45.9. The number of amides is 3. The molecule has 2 aromatic rings. The Morgan fingerprint density at radius 2 is 1.75 bits per heavy atom. The largest absolute Gasteiger partial charge is 0.459 e. The highest BCUT2D eigenvalue weighted by atomic mass is 16.3. The summed E-state index contributed by atoms with van der Waals surface area (Å²) < 4.78 is 5.13. The Balaban J connectivity index is 1.42. The van der Waals surface area contributed by atoms with Gasteiger partial charge in [0, 0.05) is 52.2 Å². The van der Waals surface area contributed by atoms with Gasteiger partial charge >= 0.3 is 0 Å². The summed E-state index contributed by atoms with van der Waals surface area (Å²) >= 11 is 0. The molecule has 8 nitrogen and oxygen atoms in total. The van der Waals surface area contributed by atoms with E-state index in [-0.39, 0.29) is 24.1 Å². The average molecular weight is 384 g/mol. The molecule has 148 valence electrons. The summed E-state index contributed by atoms with van der Waals surface area (Å²) in [5.74, 6) is -0.284. The highest BCUT2D eigenvalue weighted by molar-refractivity contribution is 5.97. The molecular formula is C20H24N4O4. The van der Waals surface area contributed by atoms with Gasteiger partial charge in [-0.25, -0.2) is 0 Å². The van der Waals surface area contributed by atoms with Gasteiger partial charge in [-0.3, -0.25) is 19.4 Å². The minimum absolute atomic E-state index is 0.154. The van der Waals surface area contributed by atoms with Gasteiger partial charge in [-0.2, -0.15) is 0 Å². The summed E-state index contributed by atoms with van der Waals surface area (Å²) in [6, 6.07) is 7.12. The number of nitrogens with zero attached hydrogens (tertiary/aromatic N) is 4. The second-order valence-corrected chi connectivity index (χ2v) is 6.75. The second-order valence-electron chi connectivity index (χ2n) is 6.75. The molecule has 28 heavy (non-hydrogen) atoms. The SMILES string of the molecule is CN(CCc1ccncc1)C(=O)CC(=O)N1CCN(C(=O)c2ccco2)CC1. The number of likely N-dealkylation sites (N-methyl/N-ethyl adjacent to an activating group) is 1. The third kappa shape index (κ3) is 4.97. The monoisotopic (exact) mass is 384 g/mol. The van der Waals surface area contributed by atoms with Crippen LogP contribution in [-0.4, -0.2) is 77.2 Å². The number of carbonyl (C=O) groups is 3. The van der Waals surface area contributed by atoms with Gasteiger partial charge in [0.1, 0.15) is 6.42 Å². The van der Waals surface area contributed by atoms with Crippen LogP contribution >= 0.6 is 0 Å². The maximum atomic E-state index is 12.4. The number of furan rings is 1. The van der Waals surface area contributed by atoms with Gasteiger partial charge in [-0.05, 0) is 36.2 Å². The fourth-order valence-corrected chi connectivity index (χ4v) is 3.06. The normalized spacial score (nSPS) is 14.0. The Morgan fingerprint density at radius 3 is 2.39 bits per heavy atom. The van der Waals surface area contributed by atoms with Crippen molar-refractivity contribution in [2.45, 2.75) is 12.8 Å². The summed E-state index contributed by atoms with van der Waals surface area (Å²) in [6.07, 6.45) is 5.46. The van der Waals surface area contributed by atoms with Crippen LogP contribution in [0.25, 0.3) is 0 Å². The molecule has 0 atom stereocenters. The van der Waals surface area contributed by atoms with Crippen molar-refractivity contribution in [2.24, 2.45) is 0 Å². The molecule has 0 unspecified atom stereocenters. The zero-order valence-electron chi connectivity index (χ0n) is 15.9. The van der Waals surface area contributed by atoms with E-state index in [2.05, 4.69) is 4.98 Å². The highest BCUT2D eigenvalue weighted by Gasteiger charge is 2.27. The quantitative estimate of drug-likeness (QED) is 0.695. The van der Waals surface area contributed by atoms with Crippen LogP contribution in [0.5, 0.6) is 0 Å². The van der Waals surface area contributed by atoms with Gasteiger partial charge in [0.25, 0.3) is 5.91 Å². The van der Waals surface area contributed by atoms with Gasteiger partial charge in [-0.1, -0.05) is 0 Å². The lowest BCUT2D eigenvalue weighted by atomic mass is 10.2. The molecule has 0 aromatic carbocycles. The summed E-state index contributed by atoms with van der Waals surface area (Å²) in [7, 11) is 1.71. The zero-order chi connectivity index (χ0) is 19.9. The van der Waals surface area contributed by atoms with Gasteiger partial charge < -0.3 is 19.1 Å². The number of carbonyl (C=O) groups excluding carboxylic acids is 3. The molecular weight excluding hydrogens is 360 g/mol. The lowest BCUT2D eigenvalue weighted by Gasteiger charge is -2.34. The van der Waals surface area contributed by atoms with Gasteiger partial charge in [0.05, 0.1) is 6.26 Å².